The van der Waals surface area contributed by atoms with Gasteiger partial charge in [-0.05, 0) is 12.8 Å². The maximum Gasteiger partial charge on any atom is 0.303 e. The number of hydrogen-bond acceptors (Lipinski definition) is 8. The summed E-state index contributed by atoms with van der Waals surface area (Å²) < 4.78 is 9.75. The third-order valence-electron chi connectivity index (χ3n) is 2.41. The number of rotatable bonds is 15. The third-order valence-corrected chi connectivity index (χ3v) is 2.41. The monoisotopic (exact) mass is 414 g/mol. The molecule has 0 aromatic rings. The molecule has 0 unspecified atom stereocenters. The van der Waals surface area contributed by atoms with E-state index in [1.165, 1.54) is 0 Å². The van der Waals surface area contributed by atoms with Crippen molar-refractivity contribution in [3.05, 3.63) is 0 Å². The average molecular weight is 414 g/mol. The molecule has 0 amide bonds. The average Bonchev–Trinajstić information content (AvgIpc) is 2.58. The van der Waals surface area contributed by atoms with E-state index in [1.807, 2.05) is 0 Å². The quantitative estimate of drug-likeness (QED) is 0.190. The maximum atomic E-state index is 9.79. The number of aliphatic hydroxyl groups excluding tert-OH is 2. The summed E-state index contributed by atoms with van der Waals surface area (Å²) in [6.45, 7) is 1.73. The second-order valence-corrected chi connectivity index (χ2v) is 4.95. The topological polar surface area (TPSA) is 208 Å². The van der Waals surface area contributed by atoms with Crippen LogP contribution in [0.2, 0.25) is 0 Å². The smallest absolute Gasteiger partial charge is 0.303 e. The van der Waals surface area contributed by atoms with Crippen LogP contribution in [0.25, 0.3) is 0 Å². The van der Waals surface area contributed by atoms with Gasteiger partial charge in [-0.3, -0.25) is 19.2 Å². The van der Waals surface area contributed by atoms with E-state index in [4.69, 9.17) is 40.1 Å². The molecule has 12 nitrogen and oxygen atoms in total. The summed E-state index contributed by atoms with van der Waals surface area (Å²) in [5, 5.41) is 48.7. The van der Waals surface area contributed by atoms with Crippen LogP contribution >= 0.6 is 0 Å². The van der Waals surface area contributed by atoms with Crippen LogP contribution in [0.15, 0.2) is 0 Å². The molecule has 0 rings (SSSR count). The number of hydrogen-bond donors (Lipinski definition) is 6. The molecule has 0 heterocycles. The zero-order valence-corrected chi connectivity index (χ0v) is 15.6. The summed E-state index contributed by atoms with van der Waals surface area (Å²) in [6, 6.07) is 0. The Bertz CT molecular complexity index is 344. The van der Waals surface area contributed by atoms with Gasteiger partial charge >= 0.3 is 23.9 Å². The van der Waals surface area contributed by atoms with Gasteiger partial charge in [0.2, 0.25) is 0 Å². The van der Waals surface area contributed by atoms with Crippen molar-refractivity contribution in [1.29, 1.82) is 0 Å². The largest absolute Gasteiger partial charge is 0.481 e. The van der Waals surface area contributed by atoms with Crippen molar-refractivity contribution in [3.63, 3.8) is 0 Å². The second kappa shape index (κ2) is 24.7. The molecule has 0 bridgehead atoms. The van der Waals surface area contributed by atoms with Gasteiger partial charge in [0.15, 0.2) is 0 Å². The Balaban J connectivity index is -0.000000336. The van der Waals surface area contributed by atoms with Crippen molar-refractivity contribution < 1.29 is 59.3 Å². The lowest BCUT2D eigenvalue weighted by Crippen LogP contribution is -2.09. The van der Waals surface area contributed by atoms with Gasteiger partial charge < -0.3 is 40.1 Å². The normalized spacial score (nSPS) is 9.36. The molecule has 6 N–H and O–H groups in total. The first-order valence-electron chi connectivity index (χ1n) is 8.41. The molecule has 0 aromatic carbocycles. The van der Waals surface area contributed by atoms with E-state index >= 15 is 0 Å². The van der Waals surface area contributed by atoms with Crippen LogP contribution in [-0.4, -0.2) is 94.2 Å². The number of aliphatic carboxylic acids is 4. The van der Waals surface area contributed by atoms with Crippen molar-refractivity contribution in [2.24, 2.45) is 0 Å². The lowest BCUT2D eigenvalue weighted by atomic mass is 10.2. The standard InChI is InChI=1S/C6H14O4.2C5H8O4/c7-1-3-9-5-6-10-4-2-8;2*6-4(7)2-1-3-5(8)9/h7-8H,1-6H2;2*1-3H2,(H,6,7)(H,8,9). The van der Waals surface area contributed by atoms with Gasteiger partial charge in [-0.25, -0.2) is 0 Å². The summed E-state index contributed by atoms with van der Waals surface area (Å²) in [5.41, 5.74) is 0. The predicted molar refractivity (Wildman–Crippen MR) is 94.1 cm³/mol. The first-order valence-corrected chi connectivity index (χ1v) is 8.41. The van der Waals surface area contributed by atoms with Crippen molar-refractivity contribution in [2.45, 2.75) is 38.5 Å². The van der Waals surface area contributed by atoms with Crippen molar-refractivity contribution in [1.82, 2.24) is 0 Å². The molecule has 0 aliphatic heterocycles. The molecule has 0 aliphatic rings. The minimum Gasteiger partial charge on any atom is -0.481 e. The molecule has 0 saturated heterocycles. The SMILES string of the molecule is O=C(O)CCCC(=O)O.O=C(O)CCCC(=O)O.OCCOCCOCCO. The zero-order chi connectivity index (χ0) is 22.2. The van der Waals surface area contributed by atoms with Gasteiger partial charge in [0.1, 0.15) is 0 Å². The fourth-order valence-electron chi connectivity index (χ4n) is 1.23. The van der Waals surface area contributed by atoms with Crippen LogP contribution in [0.4, 0.5) is 0 Å². The van der Waals surface area contributed by atoms with E-state index in [0.29, 0.717) is 26.4 Å². The highest BCUT2D eigenvalue weighted by Crippen LogP contribution is 1.94. The first kappa shape index (κ1) is 30.4. The molecular formula is C16H30O12. The minimum absolute atomic E-state index is 0.0417. The highest BCUT2D eigenvalue weighted by atomic mass is 16.5. The molecule has 12 heteroatoms. The molecule has 0 fully saturated rings. The lowest BCUT2D eigenvalue weighted by Gasteiger charge is -2.01. The summed E-state index contributed by atoms with van der Waals surface area (Å²) in [6.07, 6.45) is 0.173. The molecule has 0 aromatic heterocycles. The minimum atomic E-state index is -0.948. The number of carboxylic acid groups (broad SMARTS) is 4. The van der Waals surface area contributed by atoms with Crippen LogP contribution in [0.5, 0.6) is 0 Å². The number of carboxylic acids is 4. The van der Waals surface area contributed by atoms with Crippen LogP contribution < -0.4 is 0 Å². The summed E-state index contributed by atoms with van der Waals surface area (Å²) >= 11 is 0. The molecule has 0 atom stereocenters. The molecular weight excluding hydrogens is 384 g/mol. The van der Waals surface area contributed by atoms with Crippen molar-refractivity contribution >= 4 is 23.9 Å². The van der Waals surface area contributed by atoms with E-state index in [0.717, 1.165) is 0 Å². The zero-order valence-electron chi connectivity index (χ0n) is 15.6. The molecule has 0 radical (unpaired) electrons. The van der Waals surface area contributed by atoms with Gasteiger partial charge in [-0.2, -0.15) is 0 Å². The van der Waals surface area contributed by atoms with Crippen LogP contribution in [0, 0.1) is 0 Å². The fraction of sp³-hybridized carbons (Fsp3) is 0.750. The maximum absolute atomic E-state index is 9.79. The Morgan fingerprint density at radius 3 is 0.929 bits per heavy atom. The van der Waals surface area contributed by atoms with E-state index < -0.39 is 23.9 Å². The predicted octanol–water partition coefficient (Wildman–Crippen LogP) is -0.344. The van der Waals surface area contributed by atoms with Crippen LogP contribution in [0.3, 0.4) is 0 Å². The Morgan fingerprint density at radius 2 is 0.750 bits per heavy atom. The number of carbonyl (C=O) groups is 4. The Labute approximate surface area is 162 Å². The lowest BCUT2D eigenvalue weighted by molar-refractivity contribution is -0.140. The highest BCUT2D eigenvalue weighted by molar-refractivity contribution is 5.70. The number of ether oxygens (including phenoxy) is 2. The molecule has 0 saturated carbocycles. The van der Waals surface area contributed by atoms with E-state index in [2.05, 4.69) is 0 Å². The van der Waals surface area contributed by atoms with Crippen molar-refractivity contribution in [3.8, 4) is 0 Å². The van der Waals surface area contributed by atoms with E-state index in [9.17, 15) is 19.2 Å². The number of aliphatic hydroxyl groups is 2. The van der Waals surface area contributed by atoms with Gasteiger partial charge in [-0.15, -0.1) is 0 Å². The summed E-state index contributed by atoms with van der Waals surface area (Å²) in [7, 11) is 0. The van der Waals surface area contributed by atoms with Gasteiger partial charge in [0.05, 0.1) is 39.6 Å². The summed E-state index contributed by atoms with van der Waals surface area (Å²) in [4.78, 5) is 39.2. The molecule has 0 aliphatic carbocycles. The Kier molecular flexibility index (Phi) is 26.9. The fourth-order valence-corrected chi connectivity index (χ4v) is 1.23. The first-order chi connectivity index (χ1) is 13.2. The van der Waals surface area contributed by atoms with Gasteiger partial charge in [0.25, 0.3) is 0 Å². The Morgan fingerprint density at radius 1 is 0.500 bits per heavy atom. The third kappa shape index (κ3) is 43.8. The van der Waals surface area contributed by atoms with Crippen molar-refractivity contribution in [2.75, 3.05) is 39.6 Å². The van der Waals surface area contributed by atoms with E-state index in [-0.39, 0.29) is 51.7 Å². The van der Waals surface area contributed by atoms with Gasteiger partial charge in [0, 0.05) is 25.7 Å². The van der Waals surface area contributed by atoms with Crippen LogP contribution in [0.1, 0.15) is 38.5 Å². The molecule has 0 spiro atoms. The van der Waals surface area contributed by atoms with E-state index in [1.54, 1.807) is 0 Å². The summed E-state index contributed by atoms with van der Waals surface area (Å²) in [5.74, 6) is -3.79. The van der Waals surface area contributed by atoms with Gasteiger partial charge in [-0.1, -0.05) is 0 Å². The molecule has 166 valence electrons. The molecule has 28 heavy (non-hydrogen) atoms. The highest BCUT2D eigenvalue weighted by Gasteiger charge is 2.00. The Hall–Kier alpha value is -2.28. The second-order valence-electron chi connectivity index (χ2n) is 4.95. The van der Waals surface area contributed by atoms with Crippen LogP contribution in [-0.2, 0) is 28.7 Å².